The topological polar surface area (TPSA) is 54.5 Å². The Hall–Kier alpha value is -1.97. The minimum absolute atomic E-state index is 0.0926. The van der Waals surface area contributed by atoms with Crippen LogP contribution in [0, 0.1) is 38.5 Å². The lowest BCUT2D eigenvalue weighted by atomic mass is 9.82. The number of hydrogen-bond acceptors (Lipinski definition) is 3. The molecule has 4 rings (SSSR count). The van der Waals surface area contributed by atoms with Gasteiger partial charge in [0.2, 0.25) is 5.91 Å². The molecule has 1 aromatic rings. The molecule has 1 aromatic carbocycles. The van der Waals surface area contributed by atoms with Gasteiger partial charge >= 0.3 is 0 Å². The van der Waals surface area contributed by atoms with E-state index in [0.29, 0.717) is 18.2 Å². The predicted molar refractivity (Wildman–Crippen MR) is 122 cm³/mol. The van der Waals surface area contributed by atoms with E-state index in [0.717, 1.165) is 61.9 Å². The highest BCUT2D eigenvalue weighted by molar-refractivity contribution is 6.15. The van der Waals surface area contributed by atoms with Crippen LogP contribution in [0.2, 0.25) is 0 Å². The molecular formula is C27H37NO3. The lowest BCUT2D eigenvalue weighted by molar-refractivity contribution is -0.138. The molecule has 2 atom stereocenters. The van der Waals surface area contributed by atoms with E-state index in [1.807, 2.05) is 13.8 Å². The molecule has 168 valence electrons. The Morgan fingerprint density at radius 1 is 0.935 bits per heavy atom. The molecule has 2 saturated carbocycles. The highest BCUT2D eigenvalue weighted by Crippen LogP contribution is 2.40. The average Bonchev–Trinajstić information content (AvgIpc) is 3.01. The average molecular weight is 424 g/mol. The number of aryl methyl sites for hydroxylation is 3. The SMILES string of the molecule is Cc1cc(C)c(C2C(=O)CC(CC3CCN(C(=O)C4CCCCC4)CC3)C2=O)c(C)c1. The fourth-order valence-electron chi connectivity index (χ4n) is 6.40. The Morgan fingerprint density at radius 3 is 2.16 bits per heavy atom. The molecule has 3 fully saturated rings. The quantitative estimate of drug-likeness (QED) is 0.636. The van der Waals surface area contributed by atoms with Crippen LogP contribution in [0.3, 0.4) is 0 Å². The zero-order valence-corrected chi connectivity index (χ0v) is 19.4. The van der Waals surface area contributed by atoms with Crippen molar-refractivity contribution >= 4 is 17.5 Å². The summed E-state index contributed by atoms with van der Waals surface area (Å²) in [6.45, 7) is 7.71. The third-order valence-electron chi connectivity index (χ3n) is 7.98. The molecule has 0 N–H and O–H groups in total. The number of piperidine rings is 1. The van der Waals surface area contributed by atoms with E-state index in [9.17, 15) is 14.4 Å². The van der Waals surface area contributed by atoms with Gasteiger partial charge in [0.1, 0.15) is 11.7 Å². The van der Waals surface area contributed by atoms with E-state index < -0.39 is 5.92 Å². The first-order valence-corrected chi connectivity index (χ1v) is 12.3. The number of ketones is 2. The number of carbonyl (C=O) groups is 3. The van der Waals surface area contributed by atoms with E-state index in [4.69, 9.17) is 0 Å². The van der Waals surface area contributed by atoms with Gasteiger partial charge in [-0.1, -0.05) is 37.0 Å². The molecule has 1 amide bonds. The molecule has 0 aromatic heterocycles. The maximum Gasteiger partial charge on any atom is 0.225 e. The molecule has 0 radical (unpaired) electrons. The fraction of sp³-hybridized carbons (Fsp3) is 0.667. The van der Waals surface area contributed by atoms with Crippen LogP contribution in [0.5, 0.6) is 0 Å². The van der Waals surface area contributed by atoms with Crippen LogP contribution in [-0.2, 0) is 14.4 Å². The van der Waals surface area contributed by atoms with E-state index in [-0.39, 0.29) is 23.4 Å². The third kappa shape index (κ3) is 4.63. The summed E-state index contributed by atoms with van der Waals surface area (Å²) in [5.74, 6) is 0.533. The number of carbonyl (C=O) groups excluding carboxylic acids is 3. The van der Waals surface area contributed by atoms with Gasteiger partial charge in [0, 0.05) is 31.3 Å². The zero-order chi connectivity index (χ0) is 22.1. The van der Waals surface area contributed by atoms with Gasteiger partial charge in [0.25, 0.3) is 0 Å². The molecule has 1 saturated heterocycles. The number of likely N-dealkylation sites (tertiary alicyclic amines) is 1. The number of nitrogens with zero attached hydrogens (tertiary/aromatic N) is 1. The van der Waals surface area contributed by atoms with E-state index >= 15 is 0 Å². The van der Waals surface area contributed by atoms with Crippen molar-refractivity contribution in [3.05, 3.63) is 34.4 Å². The smallest absolute Gasteiger partial charge is 0.225 e. The molecule has 1 aliphatic heterocycles. The normalized spacial score (nSPS) is 26.0. The van der Waals surface area contributed by atoms with Crippen molar-refractivity contribution in [1.82, 2.24) is 4.90 Å². The number of Topliss-reactive ketones (excluding diaryl/α,β-unsaturated/α-hetero) is 2. The number of rotatable bonds is 4. The summed E-state index contributed by atoms with van der Waals surface area (Å²) >= 11 is 0. The Kier molecular flexibility index (Phi) is 6.64. The largest absolute Gasteiger partial charge is 0.342 e. The summed E-state index contributed by atoms with van der Waals surface area (Å²) in [5, 5.41) is 0. The van der Waals surface area contributed by atoms with Crippen molar-refractivity contribution in [3.8, 4) is 0 Å². The Morgan fingerprint density at radius 2 is 1.55 bits per heavy atom. The van der Waals surface area contributed by atoms with Crippen LogP contribution < -0.4 is 0 Å². The van der Waals surface area contributed by atoms with E-state index in [2.05, 4.69) is 24.0 Å². The van der Waals surface area contributed by atoms with Gasteiger partial charge in [-0.15, -0.1) is 0 Å². The first-order valence-electron chi connectivity index (χ1n) is 12.3. The first kappa shape index (κ1) is 22.2. The second-order valence-corrected chi connectivity index (χ2v) is 10.4. The number of amides is 1. The molecule has 1 heterocycles. The lowest BCUT2D eigenvalue weighted by Crippen LogP contribution is -2.42. The summed E-state index contributed by atoms with van der Waals surface area (Å²) in [7, 11) is 0. The van der Waals surface area contributed by atoms with E-state index in [1.54, 1.807) is 0 Å². The maximum atomic E-state index is 13.3. The van der Waals surface area contributed by atoms with Crippen molar-refractivity contribution in [3.63, 3.8) is 0 Å². The van der Waals surface area contributed by atoms with Crippen LogP contribution >= 0.6 is 0 Å². The van der Waals surface area contributed by atoms with Gasteiger partial charge in [-0.25, -0.2) is 0 Å². The second-order valence-electron chi connectivity index (χ2n) is 10.4. The molecular weight excluding hydrogens is 386 g/mol. The van der Waals surface area contributed by atoms with Crippen molar-refractivity contribution < 1.29 is 14.4 Å². The first-order chi connectivity index (χ1) is 14.8. The predicted octanol–water partition coefficient (Wildman–Crippen LogP) is 5.06. The van der Waals surface area contributed by atoms with Gasteiger partial charge in [0.15, 0.2) is 5.78 Å². The summed E-state index contributed by atoms with van der Waals surface area (Å²) in [6, 6.07) is 4.16. The molecule has 3 aliphatic rings. The van der Waals surface area contributed by atoms with Gasteiger partial charge < -0.3 is 4.90 Å². The Labute approximate surface area is 186 Å². The summed E-state index contributed by atoms with van der Waals surface area (Å²) in [6.07, 6.45) is 8.86. The molecule has 0 bridgehead atoms. The molecule has 2 unspecified atom stereocenters. The molecule has 2 aliphatic carbocycles. The minimum atomic E-state index is -0.571. The fourth-order valence-corrected chi connectivity index (χ4v) is 6.40. The van der Waals surface area contributed by atoms with Crippen LogP contribution in [-0.4, -0.2) is 35.5 Å². The Bertz CT molecular complexity index is 836. The molecule has 31 heavy (non-hydrogen) atoms. The van der Waals surface area contributed by atoms with Crippen molar-refractivity contribution in [2.75, 3.05) is 13.1 Å². The van der Waals surface area contributed by atoms with Crippen LogP contribution in [0.1, 0.15) is 86.0 Å². The summed E-state index contributed by atoms with van der Waals surface area (Å²) in [4.78, 5) is 41.0. The number of hydrogen-bond donors (Lipinski definition) is 0. The third-order valence-corrected chi connectivity index (χ3v) is 7.98. The van der Waals surface area contributed by atoms with Crippen LogP contribution in [0.4, 0.5) is 0 Å². The maximum absolute atomic E-state index is 13.3. The molecule has 4 heteroatoms. The highest BCUT2D eigenvalue weighted by atomic mass is 16.2. The van der Waals surface area contributed by atoms with Crippen LogP contribution in [0.25, 0.3) is 0 Å². The number of benzene rings is 1. The van der Waals surface area contributed by atoms with Crippen LogP contribution in [0.15, 0.2) is 12.1 Å². The summed E-state index contributed by atoms with van der Waals surface area (Å²) in [5.41, 5.74) is 4.22. The standard InChI is InChI=1S/C27H37NO3/c1-17-13-18(2)24(19(3)14-17)25-23(29)16-22(26(25)30)15-20-9-11-28(12-10-20)27(31)21-7-5-4-6-8-21/h13-14,20-22,25H,4-12,15-16H2,1-3H3. The molecule has 4 nitrogen and oxygen atoms in total. The van der Waals surface area contributed by atoms with Crippen molar-refractivity contribution in [1.29, 1.82) is 0 Å². The van der Waals surface area contributed by atoms with Gasteiger partial charge in [-0.3, -0.25) is 14.4 Å². The van der Waals surface area contributed by atoms with Crippen molar-refractivity contribution in [2.45, 2.75) is 84.5 Å². The second kappa shape index (κ2) is 9.26. The van der Waals surface area contributed by atoms with Crippen molar-refractivity contribution in [2.24, 2.45) is 17.8 Å². The Balaban J connectivity index is 1.35. The van der Waals surface area contributed by atoms with Gasteiger partial charge in [0.05, 0.1) is 0 Å². The minimum Gasteiger partial charge on any atom is -0.342 e. The zero-order valence-electron chi connectivity index (χ0n) is 19.4. The van der Waals surface area contributed by atoms with Gasteiger partial charge in [-0.2, -0.15) is 0 Å². The summed E-state index contributed by atoms with van der Waals surface area (Å²) < 4.78 is 0. The monoisotopic (exact) mass is 423 g/mol. The highest BCUT2D eigenvalue weighted by Gasteiger charge is 2.44. The van der Waals surface area contributed by atoms with Gasteiger partial charge in [-0.05, 0) is 75.5 Å². The van der Waals surface area contributed by atoms with E-state index in [1.165, 1.54) is 24.8 Å². The lowest BCUT2D eigenvalue weighted by Gasteiger charge is -2.35. The molecule has 0 spiro atoms.